The number of nitrogens with one attached hydrogen (secondary N) is 1. The van der Waals surface area contributed by atoms with Gasteiger partial charge in [-0.3, -0.25) is 14.5 Å². The molecule has 3 aromatic carbocycles. The second kappa shape index (κ2) is 8.13. The van der Waals surface area contributed by atoms with E-state index in [1.165, 1.54) is 0 Å². The number of urea groups is 1. The van der Waals surface area contributed by atoms with Crippen LogP contribution in [-0.4, -0.2) is 29.2 Å². The molecule has 0 unspecified atom stereocenters. The van der Waals surface area contributed by atoms with Crippen molar-refractivity contribution in [1.82, 2.24) is 10.2 Å². The van der Waals surface area contributed by atoms with Crippen LogP contribution in [0.25, 0.3) is 0 Å². The third-order valence-electron chi connectivity index (χ3n) is 5.22. The number of nitrogens with zero attached hydrogens (tertiary/aromatic N) is 1. The number of rotatable bonds is 6. The van der Waals surface area contributed by atoms with E-state index in [2.05, 4.69) is 5.32 Å². The first-order chi connectivity index (χ1) is 14.5. The molecule has 0 aromatic heterocycles. The zero-order valence-corrected chi connectivity index (χ0v) is 16.8. The number of imide groups is 1. The minimum atomic E-state index is -1.26. The number of amides is 3. The summed E-state index contributed by atoms with van der Waals surface area (Å²) in [6.07, 6.45) is 0.286. The molecule has 1 heterocycles. The molecule has 0 bridgehead atoms. The molecule has 30 heavy (non-hydrogen) atoms. The molecule has 1 aliphatic heterocycles. The van der Waals surface area contributed by atoms with E-state index in [1.54, 1.807) is 24.3 Å². The topological polar surface area (TPSA) is 66.5 Å². The van der Waals surface area contributed by atoms with E-state index in [-0.39, 0.29) is 18.7 Å². The third kappa shape index (κ3) is 3.72. The van der Waals surface area contributed by atoms with Gasteiger partial charge in [-0.1, -0.05) is 72.3 Å². The summed E-state index contributed by atoms with van der Waals surface area (Å²) in [5, 5.41) is 3.37. The molecule has 150 valence electrons. The first-order valence-corrected chi connectivity index (χ1v) is 9.90. The maximum Gasteiger partial charge on any atom is 0.325 e. The van der Waals surface area contributed by atoms with E-state index in [4.69, 9.17) is 11.6 Å². The number of carbonyl (C=O) groups excluding carboxylic acids is 3. The van der Waals surface area contributed by atoms with Crippen LogP contribution in [0.5, 0.6) is 0 Å². The Hall–Kier alpha value is -3.44. The monoisotopic (exact) mass is 418 g/mol. The van der Waals surface area contributed by atoms with Crippen molar-refractivity contribution >= 4 is 29.3 Å². The molecule has 1 fully saturated rings. The highest BCUT2D eigenvalue weighted by molar-refractivity contribution is 6.30. The lowest BCUT2D eigenvalue weighted by Crippen LogP contribution is -2.46. The van der Waals surface area contributed by atoms with Crippen molar-refractivity contribution in [3.63, 3.8) is 0 Å². The summed E-state index contributed by atoms with van der Waals surface area (Å²) < 4.78 is 0. The predicted molar refractivity (Wildman–Crippen MR) is 114 cm³/mol. The fraction of sp³-hybridized carbons (Fsp3) is 0.125. The molecule has 0 spiro atoms. The van der Waals surface area contributed by atoms with Crippen LogP contribution in [-0.2, 0) is 16.8 Å². The standard InChI is InChI=1S/C24H19ClN2O3/c25-20-13-11-18(12-14-20)21(28)16-27-22(29)24(26-23(27)30,19-9-5-2-6-10-19)15-17-7-3-1-4-8-17/h1-14H,15-16H2,(H,26,30)/t24-/m0/s1. The van der Waals surface area contributed by atoms with Gasteiger partial charge in [-0.2, -0.15) is 0 Å². The van der Waals surface area contributed by atoms with Crippen LogP contribution in [0.3, 0.4) is 0 Å². The lowest BCUT2D eigenvalue weighted by molar-refractivity contribution is -0.131. The number of hydrogen-bond acceptors (Lipinski definition) is 3. The lowest BCUT2D eigenvalue weighted by atomic mass is 9.83. The van der Waals surface area contributed by atoms with Crippen molar-refractivity contribution in [3.8, 4) is 0 Å². The zero-order chi connectivity index (χ0) is 21.1. The van der Waals surface area contributed by atoms with Gasteiger partial charge in [0.05, 0.1) is 6.54 Å². The second-order valence-corrected chi connectivity index (χ2v) is 7.62. The van der Waals surface area contributed by atoms with Gasteiger partial charge in [0.2, 0.25) is 0 Å². The van der Waals surface area contributed by atoms with Crippen LogP contribution in [0.15, 0.2) is 84.9 Å². The molecule has 1 aliphatic rings. The molecule has 3 aromatic rings. The highest BCUT2D eigenvalue weighted by Crippen LogP contribution is 2.33. The Bertz CT molecular complexity index is 1080. The number of halogens is 1. The molecule has 6 heteroatoms. The van der Waals surface area contributed by atoms with Crippen molar-refractivity contribution < 1.29 is 14.4 Å². The normalized spacial score (nSPS) is 18.4. The van der Waals surface area contributed by atoms with E-state index < -0.39 is 17.5 Å². The summed E-state index contributed by atoms with van der Waals surface area (Å²) in [6.45, 7) is -0.338. The van der Waals surface area contributed by atoms with E-state index in [1.807, 2.05) is 60.7 Å². The van der Waals surface area contributed by atoms with Crippen LogP contribution in [0.1, 0.15) is 21.5 Å². The van der Waals surface area contributed by atoms with E-state index in [0.717, 1.165) is 10.5 Å². The van der Waals surface area contributed by atoms with Gasteiger partial charge in [-0.15, -0.1) is 0 Å². The molecule has 3 amide bonds. The largest absolute Gasteiger partial charge is 0.325 e. The minimum absolute atomic E-state index is 0.286. The number of hydrogen-bond donors (Lipinski definition) is 1. The Kier molecular flexibility index (Phi) is 5.38. The molecular weight excluding hydrogens is 400 g/mol. The van der Waals surface area contributed by atoms with E-state index in [9.17, 15) is 14.4 Å². The third-order valence-corrected chi connectivity index (χ3v) is 5.47. The van der Waals surface area contributed by atoms with Gasteiger partial charge in [0.1, 0.15) is 0 Å². The van der Waals surface area contributed by atoms with Crippen LogP contribution in [0.4, 0.5) is 4.79 Å². The SMILES string of the molecule is O=C(CN1C(=O)N[C@@](Cc2ccccc2)(c2ccccc2)C1=O)c1ccc(Cl)cc1. The summed E-state index contributed by atoms with van der Waals surface area (Å²) in [5.41, 5.74) is 0.703. The van der Waals surface area contributed by atoms with Crippen LogP contribution in [0.2, 0.25) is 5.02 Å². The van der Waals surface area contributed by atoms with Gasteiger partial charge in [0.25, 0.3) is 5.91 Å². The van der Waals surface area contributed by atoms with Crippen LogP contribution in [0, 0.1) is 0 Å². The van der Waals surface area contributed by atoms with Gasteiger partial charge in [0.15, 0.2) is 11.3 Å². The van der Waals surface area contributed by atoms with Crippen molar-refractivity contribution in [2.45, 2.75) is 12.0 Å². The Morgan fingerprint density at radius 3 is 2.10 bits per heavy atom. The molecule has 0 radical (unpaired) electrons. The fourth-order valence-corrected chi connectivity index (χ4v) is 3.81. The van der Waals surface area contributed by atoms with E-state index >= 15 is 0 Å². The molecular formula is C24H19ClN2O3. The van der Waals surface area contributed by atoms with Gasteiger partial charge in [-0.05, 0) is 35.4 Å². The summed E-state index contributed by atoms with van der Waals surface area (Å²) >= 11 is 5.88. The highest BCUT2D eigenvalue weighted by Gasteiger charge is 2.52. The maximum absolute atomic E-state index is 13.5. The first-order valence-electron chi connectivity index (χ1n) is 9.52. The van der Waals surface area contributed by atoms with Crippen LogP contribution < -0.4 is 5.32 Å². The first kappa shape index (κ1) is 19.9. The number of Topliss-reactive ketones (excluding diaryl/α,β-unsaturated/α-hetero) is 1. The zero-order valence-electron chi connectivity index (χ0n) is 16.0. The number of ketones is 1. The molecule has 0 aliphatic carbocycles. The molecule has 1 atom stereocenters. The van der Waals surface area contributed by atoms with Gasteiger partial charge in [-0.25, -0.2) is 4.79 Å². The second-order valence-electron chi connectivity index (χ2n) is 7.19. The van der Waals surface area contributed by atoms with Crippen LogP contribution >= 0.6 is 11.6 Å². The Morgan fingerprint density at radius 2 is 1.47 bits per heavy atom. The van der Waals surface area contributed by atoms with Gasteiger partial charge < -0.3 is 5.32 Å². The quantitative estimate of drug-likeness (QED) is 0.481. The Labute approximate surface area is 179 Å². The van der Waals surface area contributed by atoms with Crippen molar-refractivity contribution in [2.75, 3.05) is 6.54 Å². The summed E-state index contributed by atoms with van der Waals surface area (Å²) in [7, 11) is 0. The van der Waals surface area contributed by atoms with Crippen molar-refractivity contribution in [2.24, 2.45) is 0 Å². The number of benzene rings is 3. The Balaban J connectivity index is 1.67. The molecule has 5 nitrogen and oxygen atoms in total. The van der Waals surface area contributed by atoms with Crippen molar-refractivity contribution in [3.05, 3.63) is 107 Å². The maximum atomic E-state index is 13.5. The highest BCUT2D eigenvalue weighted by atomic mass is 35.5. The van der Waals surface area contributed by atoms with E-state index in [0.29, 0.717) is 16.1 Å². The Morgan fingerprint density at radius 1 is 0.867 bits per heavy atom. The smallest absolute Gasteiger partial charge is 0.319 e. The summed E-state index contributed by atoms with van der Waals surface area (Å²) in [4.78, 5) is 40.0. The average molecular weight is 419 g/mol. The predicted octanol–water partition coefficient (Wildman–Crippen LogP) is 4.21. The molecule has 1 saturated heterocycles. The summed E-state index contributed by atoms with van der Waals surface area (Å²) in [6, 6.07) is 24.4. The van der Waals surface area contributed by atoms with Crippen molar-refractivity contribution in [1.29, 1.82) is 0 Å². The number of carbonyl (C=O) groups is 3. The minimum Gasteiger partial charge on any atom is -0.319 e. The molecule has 4 rings (SSSR count). The molecule has 1 N–H and O–H groups in total. The average Bonchev–Trinajstić information content (AvgIpc) is 3.00. The van der Waals surface area contributed by atoms with Gasteiger partial charge in [0, 0.05) is 17.0 Å². The van der Waals surface area contributed by atoms with Gasteiger partial charge >= 0.3 is 6.03 Å². The molecule has 0 saturated carbocycles. The fourth-order valence-electron chi connectivity index (χ4n) is 3.68. The lowest BCUT2D eigenvalue weighted by Gasteiger charge is -2.27. The summed E-state index contributed by atoms with van der Waals surface area (Å²) in [5.74, 6) is -0.774.